The van der Waals surface area contributed by atoms with Crippen molar-refractivity contribution in [3.05, 3.63) is 53.2 Å². The third-order valence-electron chi connectivity index (χ3n) is 4.27. The zero-order chi connectivity index (χ0) is 19.6. The predicted octanol–water partition coefficient (Wildman–Crippen LogP) is 1.90. The van der Waals surface area contributed by atoms with Crippen LogP contribution in [0.5, 0.6) is 5.88 Å². The van der Waals surface area contributed by atoms with E-state index in [9.17, 15) is 14.0 Å². The lowest BCUT2D eigenvalue weighted by Crippen LogP contribution is -2.39. The molecule has 0 spiro atoms. The molecule has 0 saturated carbocycles. The average molecular weight is 388 g/mol. The van der Waals surface area contributed by atoms with E-state index in [1.807, 2.05) is 0 Å². The molecule has 1 aromatic heterocycles. The van der Waals surface area contributed by atoms with Gasteiger partial charge in [-0.1, -0.05) is 17.8 Å². The number of nitrogens with two attached hydrogens (primary N) is 1. The van der Waals surface area contributed by atoms with Crippen LogP contribution in [0.15, 0.2) is 35.6 Å². The van der Waals surface area contributed by atoms with Crippen LogP contribution < -0.4 is 10.5 Å². The summed E-state index contributed by atoms with van der Waals surface area (Å²) >= 11 is 1.12. The highest BCUT2D eigenvalue weighted by molar-refractivity contribution is 8.14. The minimum Gasteiger partial charge on any atom is -0.480 e. The van der Waals surface area contributed by atoms with Gasteiger partial charge in [0.2, 0.25) is 5.88 Å². The van der Waals surface area contributed by atoms with Gasteiger partial charge in [-0.05, 0) is 24.6 Å². The number of hydrogen-bond acceptors (Lipinski definition) is 8. The molecule has 0 amide bonds. The van der Waals surface area contributed by atoms with Crippen molar-refractivity contribution >= 4 is 28.5 Å². The highest BCUT2D eigenvalue weighted by Crippen LogP contribution is 2.34. The van der Waals surface area contributed by atoms with E-state index in [1.54, 1.807) is 0 Å². The Bertz CT molecular complexity index is 933. The maximum atomic E-state index is 14.5. The van der Waals surface area contributed by atoms with Gasteiger partial charge in [-0.25, -0.2) is 19.4 Å². The summed E-state index contributed by atoms with van der Waals surface area (Å²) in [6.07, 6.45) is 2.65. The molecule has 0 bridgehead atoms. The Morgan fingerprint density at radius 2 is 2.15 bits per heavy atom. The van der Waals surface area contributed by atoms with Crippen LogP contribution in [0.2, 0.25) is 0 Å². The topological polar surface area (TPSA) is 108 Å². The second-order valence-electron chi connectivity index (χ2n) is 6.09. The number of carbonyl (C=O) groups excluding carboxylic acids is 2. The average Bonchev–Trinajstić information content (AvgIpc) is 2.66. The highest BCUT2D eigenvalue weighted by atomic mass is 32.2. The molecule has 0 fully saturated rings. The summed E-state index contributed by atoms with van der Waals surface area (Å²) in [6.45, 7) is 1.53. The zero-order valence-electron chi connectivity index (χ0n) is 14.7. The normalized spacial score (nSPS) is 19.5. The van der Waals surface area contributed by atoms with Crippen LogP contribution in [0, 0.1) is 5.82 Å². The van der Waals surface area contributed by atoms with E-state index in [0.29, 0.717) is 11.4 Å². The summed E-state index contributed by atoms with van der Waals surface area (Å²) in [5.74, 6) is -0.690. The second kappa shape index (κ2) is 7.43. The van der Waals surface area contributed by atoms with Crippen LogP contribution >= 0.6 is 11.8 Å². The molecular formula is C18H17FN4O3S. The Morgan fingerprint density at radius 3 is 2.81 bits per heavy atom. The molecule has 1 atom stereocenters. The molecule has 27 heavy (non-hydrogen) atoms. The zero-order valence-corrected chi connectivity index (χ0v) is 15.5. The van der Waals surface area contributed by atoms with Crippen molar-refractivity contribution in [3.63, 3.8) is 0 Å². The van der Waals surface area contributed by atoms with Gasteiger partial charge in [0, 0.05) is 12.0 Å². The van der Waals surface area contributed by atoms with Crippen LogP contribution in [0.3, 0.4) is 0 Å². The maximum absolute atomic E-state index is 14.5. The molecule has 2 heterocycles. The largest absolute Gasteiger partial charge is 0.480 e. The number of amidine groups is 1. The number of aliphatic imine (C=N–C) groups is 1. The number of thioether (sulfide) groups is 1. The molecule has 140 valence electrons. The second-order valence-corrected chi connectivity index (χ2v) is 7.09. The van der Waals surface area contributed by atoms with Gasteiger partial charge in [-0.3, -0.25) is 9.59 Å². The number of hydrogen-bond donors (Lipinski definition) is 1. The van der Waals surface area contributed by atoms with Gasteiger partial charge < -0.3 is 10.5 Å². The Balaban J connectivity index is 1.90. The lowest BCUT2D eigenvalue weighted by Gasteiger charge is -2.28. The Labute approximate surface area is 159 Å². The lowest BCUT2D eigenvalue weighted by atomic mass is 9.86. The van der Waals surface area contributed by atoms with E-state index < -0.39 is 11.4 Å². The van der Waals surface area contributed by atoms with Gasteiger partial charge in [0.05, 0.1) is 25.3 Å². The fourth-order valence-electron chi connectivity index (χ4n) is 2.70. The van der Waals surface area contributed by atoms with Crippen molar-refractivity contribution in [1.29, 1.82) is 0 Å². The van der Waals surface area contributed by atoms with Crippen molar-refractivity contribution in [2.45, 2.75) is 18.9 Å². The van der Waals surface area contributed by atoms with Crippen LogP contribution in [0.25, 0.3) is 0 Å². The fourth-order valence-corrected chi connectivity index (χ4v) is 3.51. The van der Waals surface area contributed by atoms with Crippen molar-refractivity contribution in [1.82, 2.24) is 9.97 Å². The molecule has 9 heteroatoms. The molecule has 0 unspecified atom stereocenters. The summed E-state index contributed by atoms with van der Waals surface area (Å²) in [6, 6.07) is 4.20. The van der Waals surface area contributed by atoms with E-state index in [0.717, 1.165) is 11.8 Å². The first-order valence-electron chi connectivity index (χ1n) is 8.03. The first-order chi connectivity index (χ1) is 12.8. The predicted molar refractivity (Wildman–Crippen MR) is 99.5 cm³/mol. The van der Waals surface area contributed by atoms with Crippen molar-refractivity contribution in [2.75, 3.05) is 12.9 Å². The van der Waals surface area contributed by atoms with Crippen LogP contribution in [-0.2, 0) is 16.8 Å². The van der Waals surface area contributed by atoms with E-state index in [-0.39, 0.29) is 40.2 Å². The van der Waals surface area contributed by atoms with Crippen molar-refractivity contribution in [2.24, 2.45) is 10.7 Å². The van der Waals surface area contributed by atoms with Gasteiger partial charge in [-0.15, -0.1) is 0 Å². The third-order valence-corrected chi connectivity index (χ3v) is 5.06. The molecule has 2 aromatic rings. The number of benzene rings is 1. The quantitative estimate of drug-likeness (QED) is 0.779. The minimum atomic E-state index is -1.40. The first-order valence-corrected chi connectivity index (χ1v) is 9.01. The van der Waals surface area contributed by atoms with Crippen molar-refractivity contribution < 1.29 is 18.7 Å². The van der Waals surface area contributed by atoms with Gasteiger partial charge in [-0.2, -0.15) is 0 Å². The standard InChI is InChI=1S/C18H17FN4O3S/c1-18(15(25)9-27-17(20)23-18)11-5-10(3-4-12(11)19)6-14(24)13-7-22-16(26-2)8-21-13/h3-5,7-8H,6,9H2,1-2H3,(H2,20,23)/t18-/m1/s1. The number of ketones is 2. The Kier molecular flexibility index (Phi) is 5.22. The molecule has 0 aliphatic carbocycles. The molecule has 1 aromatic carbocycles. The molecule has 1 aliphatic heterocycles. The number of carbonyl (C=O) groups is 2. The van der Waals surface area contributed by atoms with Crippen LogP contribution in [0.4, 0.5) is 4.39 Å². The van der Waals surface area contributed by atoms with Crippen LogP contribution in [0.1, 0.15) is 28.5 Å². The van der Waals surface area contributed by atoms with E-state index in [4.69, 9.17) is 10.5 Å². The van der Waals surface area contributed by atoms with Gasteiger partial charge in [0.1, 0.15) is 17.1 Å². The van der Waals surface area contributed by atoms with Gasteiger partial charge >= 0.3 is 0 Å². The number of rotatable bonds is 5. The molecule has 0 radical (unpaired) electrons. The Hall–Kier alpha value is -2.81. The molecule has 3 rings (SSSR count). The summed E-state index contributed by atoms with van der Waals surface area (Å²) < 4.78 is 19.4. The van der Waals surface area contributed by atoms with E-state index >= 15 is 0 Å². The number of ether oxygens (including phenoxy) is 1. The number of methoxy groups -OCH3 is 1. The SMILES string of the molecule is COc1cnc(C(=O)Cc2ccc(F)c([C@@]3(C)N=C(N)SCC3=O)c2)cn1. The number of Topliss-reactive ketones (excluding diaryl/α,β-unsaturated/α-hetero) is 2. The molecule has 2 N–H and O–H groups in total. The van der Waals surface area contributed by atoms with Crippen molar-refractivity contribution in [3.8, 4) is 5.88 Å². The lowest BCUT2D eigenvalue weighted by molar-refractivity contribution is -0.121. The molecule has 7 nitrogen and oxygen atoms in total. The van der Waals surface area contributed by atoms with E-state index in [1.165, 1.54) is 44.6 Å². The fraction of sp³-hybridized carbons (Fsp3) is 0.278. The van der Waals surface area contributed by atoms with Crippen LogP contribution in [-0.4, -0.2) is 39.6 Å². The minimum absolute atomic E-state index is 0.0213. The first kappa shape index (κ1) is 19.0. The number of halogens is 1. The molecule has 0 saturated heterocycles. The summed E-state index contributed by atoms with van der Waals surface area (Å²) in [4.78, 5) is 36.9. The third kappa shape index (κ3) is 3.82. The van der Waals surface area contributed by atoms with Gasteiger partial charge in [0.15, 0.2) is 16.7 Å². The van der Waals surface area contributed by atoms with Gasteiger partial charge in [0.25, 0.3) is 0 Å². The Morgan fingerprint density at radius 1 is 1.37 bits per heavy atom. The number of nitrogens with zero attached hydrogens (tertiary/aromatic N) is 3. The maximum Gasteiger partial charge on any atom is 0.232 e. The highest BCUT2D eigenvalue weighted by Gasteiger charge is 2.40. The molecular weight excluding hydrogens is 371 g/mol. The monoisotopic (exact) mass is 388 g/mol. The van der Waals surface area contributed by atoms with E-state index in [2.05, 4.69) is 15.0 Å². The molecule has 1 aliphatic rings. The summed E-state index contributed by atoms with van der Waals surface area (Å²) in [5.41, 5.74) is 5.14. The number of aromatic nitrogens is 2. The smallest absolute Gasteiger partial charge is 0.232 e. The summed E-state index contributed by atoms with van der Waals surface area (Å²) in [5, 5.41) is 0.228. The summed E-state index contributed by atoms with van der Waals surface area (Å²) in [7, 11) is 1.45.